The van der Waals surface area contributed by atoms with E-state index >= 15 is 0 Å². The van der Waals surface area contributed by atoms with Crippen molar-refractivity contribution in [2.24, 2.45) is 7.05 Å². The van der Waals surface area contributed by atoms with Gasteiger partial charge in [0.25, 0.3) is 0 Å². The predicted molar refractivity (Wildman–Crippen MR) is 98.6 cm³/mol. The zero-order chi connectivity index (χ0) is 15.7. The van der Waals surface area contributed by atoms with Crippen LogP contribution in [0.15, 0.2) is 24.3 Å². The number of rotatable bonds is 4. The number of hydrogen-bond donors (Lipinski definition) is 1. The molecule has 23 heavy (non-hydrogen) atoms. The standard InChI is InChI=1S/C18H26N4.ClH/c1-13-17(18(21(2)3)22(4)20-13)12-19-16-10-9-14-7-5-6-8-15(14)11-16;/h5-8,16,19H,9-12H2,1-4H3;1H. The molecule has 0 aliphatic heterocycles. The van der Waals surface area contributed by atoms with E-state index in [4.69, 9.17) is 0 Å². The van der Waals surface area contributed by atoms with Gasteiger partial charge in [-0.05, 0) is 37.3 Å². The summed E-state index contributed by atoms with van der Waals surface area (Å²) in [5.41, 5.74) is 5.45. The summed E-state index contributed by atoms with van der Waals surface area (Å²) >= 11 is 0. The molecule has 3 rings (SSSR count). The van der Waals surface area contributed by atoms with Gasteiger partial charge in [-0.2, -0.15) is 5.10 Å². The number of aryl methyl sites for hydroxylation is 3. The maximum Gasteiger partial charge on any atom is 0.130 e. The van der Waals surface area contributed by atoms with Crippen molar-refractivity contribution in [3.05, 3.63) is 46.6 Å². The number of benzene rings is 1. The lowest BCUT2D eigenvalue weighted by molar-refractivity contribution is 0.457. The minimum absolute atomic E-state index is 0. The molecule has 126 valence electrons. The Morgan fingerprint density at radius 2 is 1.96 bits per heavy atom. The quantitative estimate of drug-likeness (QED) is 0.933. The van der Waals surface area contributed by atoms with Crippen LogP contribution in [0.5, 0.6) is 0 Å². The number of fused-ring (bicyclic) bond motifs is 1. The molecule has 0 amide bonds. The molecule has 1 aliphatic rings. The maximum atomic E-state index is 4.57. The fraction of sp³-hybridized carbons (Fsp3) is 0.500. The molecule has 0 bridgehead atoms. The average molecular weight is 335 g/mol. The number of anilines is 1. The third-order valence-corrected chi connectivity index (χ3v) is 4.65. The number of aromatic nitrogens is 2. The molecule has 2 aromatic rings. The van der Waals surface area contributed by atoms with Crippen LogP contribution >= 0.6 is 12.4 Å². The second-order valence-electron chi connectivity index (χ2n) is 6.49. The third-order valence-electron chi connectivity index (χ3n) is 4.65. The van der Waals surface area contributed by atoms with Gasteiger partial charge in [0.05, 0.1) is 5.69 Å². The Morgan fingerprint density at radius 3 is 2.65 bits per heavy atom. The Morgan fingerprint density at radius 1 is 1.26 bits per heavy atom. The van der Waals surface area contributed by atoms with E-state index in [9.17, 15) is 0 Å². The molecule has 1 atom stereocenters. The maximum absolute atomic E-state index is 4.57. The largest absolute Gasteiger partial charge is 0.363 e. The molecule has 0 saturated carbocycles. The lowest BCUT2D eigenvalue weighted by Crippen LogP contribution is -2.34. The molecular weight excluding hydrogens is 308 g/mol. The molecule has 0 fully saturated rings. The number of hydrogen-bond acceptors (Lipinski definition) is 3. The van der Waals surface area contributed by atoms with Gasteiger partial charge >= 0.3 is 0 Å². The summed E-state index contributed by atoms with van der Waals surface area (Å²) < 4.78 is 1.97. The van der Waals surface area contributed by atoms with Crippen LogP contribution in [0.3, 0.4) is 0 Å². The van der Waals surface area contributed by atoms with Crippen LogP contribution < -0.4 is 10.2 Å². The zero-order valence-electron chi connectivity index (χ0n) is 14.5. The summed E-state index contributed by atoms with van der Waals surface area (Å²) in [6.07, 6.45) is 3.53. The SMILES string of the molecule is Cc1nn(C)c(N(C)C)c1CNC1CCc2ccccc2C1.Cl. The molecule has 1 heterocycles. The lowest BCUT2D eigenvalue weighted by Gasteiger charge is -2.26. The molecule has 0 spiro atoms. The van der Waals surface area contributed by atoms with Gasteiger partial charge in [-0.3, -0.25) is 4.68 Å². The minimum Gasteiger partial charge on any atom is -0.363 e. The predicted octanol–water partition coefficient (Wildman–Crippen LogP) is 2.86. The molecule has 1 unspecified atom stereocenters. The summed E-state index contributed by atoms with van der Waals surface area (Å²) in [7, 11) is 6.18. The summed E-state index contributed by atoms with van der Waals surface area (Å²) in [5.74, 6) is 1.20. The van der Waals surface area contributed by atoms with E-state index in [1.807, 2.05) is 11.7 Å². The van der Waals surface area contributed by atoms with Crippen molar-refractivity contribution in [3.63, 3.8) is 0 Å². The Labute approximate surface area is 145 Å². The van der Waals surface area contributed by atoms with Crippen molar-refractivity contribution in [3.8, 4) is 0 Å². The van der Waals surface area contributed by atoms with Crippen LogP contribution in [0.25, 0.3) is 0 Å². The van der Waals surface area contributed by atoms with E-state index in [0.717, 1.165) is 18.7 Å². The van der Waals surface area contributed by atoms with Crippen molar-refractivity contribution >= 4 is 18.2 Å². The molecule has 0 saturated heterocycles. The first-order valence-corrected chi connectivity index (χ1v) is 8.06. The Bertz CT molecular complexity index is 663. The number of nitrogens with one attached hydrogen (secondary N) is 1. The first-order valence-electron chi connectivity index (χ1n) is 8.06. The Kier molecular flexibility index (Phi) is 5.71. The number of nitrogens with zero attached hydrogens (tertiary/aromatic N) is 3. The number of halogens is 1. The fourth-order valence-electron chi connectivity index (χ4n) is 3.57. The first-order chi connectivity index (χ1) is 10.6. The van der Waals surface area contributed by atoms with Crippen molar-refractivity contribution in [2.45, 2.75) is 38.8 Å². The molecular formula is C18H27ClN4. The van der Waals surface area contributed by atoms with Gasteiger partial charge < -0.3 is 10.2 Å². The lowest BCUT2D eigenvalue weighted by atomic mass is 9.88. The van der Waals surface area contributed by atoms with Crippen LogP contribution in [0.2, 0.25) is 0 Å². The Balaban J connectivity index is 0.00000192. The van der Waals surface area contributed by atoms with Crippen molar-refractivity contribution in [2.75, 3.05) is 19.0 Å². The van der Waals surface area contributed by atoms with E-state index in [1.54, 1.807) is 0 Å². The highest BCUT2D eigenvalue weighted by Crippen LogP contribution is 2.24. The normalized spacial score (nSPS) is 16.6. The van der Waals surface area contributed by atoms with Gasteiger partial charge in [0.1, 0.15) is 5.82 Å². The Hall–Kier alpha value is -1.52. The molecule has 1 N–H and O–H groups in total. The van der Waals surface area contributed by atoms with Crippen LogP contribution in [-0.4, -0.2) is 29.9 Å². The summed E-state index contributed by atoms with van der Waals surface area (Å²) in [5, 5.41) is 8.32. The molecule has 1 aliphatic carbocycles. The highest BCUT2D eigenvalue weighted by molar-refractivity contribution is 5.85. The monoisotopic (exact) mass is 334 g/mol. The molecule has 4 nitrogen and oxygen atoms in total. The average Bonchev–Trinajstić information content (AvgIpc) is 2.78. The van der Waals surface area contributed by atoms with Gasteiger partial charge in [0, 0.05) is 39.3 Å². The minimum atomic E-state index is 0. The molecule has 0 radical (unpaired) electrons. The first kappa shape index (κ1) is 17.8. The third kappa shape index (κ3) is 3.70. The van der Waals surface area contributed by atoms with E-state index in [1.165, 1.54) is 35.3 Å². The van der Waals surface area contributed by atoms with Crippen LogP contribution in [0.1, 0.15) is 28.8 Å². The van der Waals surface area contributed by atoms with Crippen LogP contribution in [-0.2, 0) is 26.4 Å². The van der Waals surface area contributed by atoms with Crippen LogP contribution in [0, 0.1) is 6.92 Å². The van der Waals surface area contributed by atoms with Gasteiger partial charge in [0.15, 0.2) is 0 Å². The molecule has 1 aromatic heterocycles. The smallest absolute Gasteiger partial charge is 0.130 e. The zero-order valence-corrected chi connectivity index (χ0v) is 15.3. The summed E-state index contributed by atoms with van der Waals surface area (Å²) in [4.78, 5) is 2.15. The highest BCUT2D eigenvalue weighted by atomic mass is 35.5. The van der Waals surface area contributed by atoms with E-state index in [0.29, 0.717) is 6.04 Å². The molecule has 1 aromatic carbocycles. The van der Waals surface area contributed by atoms with E-state index in [2.05, 4.69) is 60.6 Å². The topological polar surface area (TPSA) is 33.1 Å². The summed E-state index contributed by atoms with van der Waals surface area (Å²) in [6, 6.07) is 9.39. The van der Waals surface area contributed by atoms with Gasteiger partial charge in [0.2, 0.25) is 0 Å². The van der Waals surface area contributed by atoms with Crippen molar-refractivity contribution in [1.82, 2.24) is 15.1 Å². The fourth-order valence-corrected chi connectivity index (χ4v) is 3.57. The van der Waals surface area contributed by atoms with Gasteiger partial charge in [-0.15, -0.1) is 12.4 Å². The van der Waals surface area contributed by atoms with Crippen LogP contribution in [0.4, 0.5) is 5.82 Å². The van der Waals surface area contributed by atoms with Gasteiger partial charge in [-0.25, -0.2) is 0 Å². The highest BCUT2D eigenvalue weighted by Gasteiger charge is 2.20. The van der Waals surface area contributed by atoms with Crippen molar-refractivity contribution in [1.29, 1.82) is 0 Å². The van der Waals surface area contributed by atoms with E-state index in [-0.39, 0.29) is 12.4 Å². The summed E-state index contributed by atoms with van der Waals surface area (Å²) in [6.45, 7) is 2.99. The second-order valence-corrected chi connectivity index (χ2v) is 6.49. The molecule has 5 heteroatoms. The van der Waals surface area contributed by atoms with Gasteiger partial charge in [-0.1, -0.05) is 24.3 Å². The van der Waals surface area contributed by atoms with E-state index < -0.39 is 0 Å². The van der Waals surface area contributed by atoms with Crippen molar-refractivity contribution < 1.29 is 0 Å². The second kappa shape index (κ2) is 7.37.